The Hall–Kier alpha value is -2.28. The summed E-state index contributed by atoms with van der Waals surface area (Å²) in [6.07, 6.45) is 0.408. The Balaban J connectivity index is 1.60. The van der Waals surface area contributed by atoms with Crippen LogP contribution in [-0.2, 0) is 16.4 Å². The molecule has 1 atom stereocenters. The molecule has 2 heterocycles. The zero-order valence-electron chi connectivity index (χ0n) is 13.3. The van der Waals surface area contributed by atoms with Gasteiger partial charge in [-0.1, -0.05) is 18.2 Å². The van der Waals surface area contributed by atoms with Crippen LogP contribution in [0.3, 0.4) is 0 Å². The number of carbonyl (C=O) groups excluding carboxylic acids is 1. The van der Waals surface area contributed by atoms with E-state index in [1.54, 1.807) is 19.1 Å². The lowest BCUT2D eigenvalue weighted by atomic mass is 10.0. The molecule has 6 nitrogen and oxygen atoms in total. The first-order chi connectivity index (χ1) is 11.4. The SMILES string of the molecule is C[C@]1(NC(=O)c2ccc(COc3ccccc3)o2)CCS(=O)(=O)C1. The number of furan rings is 1. The molecule has 0 radical (unpaired) electrons. The van der Waals surface area contributed by atoms with Crippen molar-refractivity contribution in [1.82, 2.24) is 5.32 Å². The van der Waals surface area contributed by atoms with Gasteiger partial charge < -0.3 is 14.5 Å². The zero-order valence-corrected chi connectivity index (χ0v) is 14.1. The number of hydrogen-bond donors (Lipinski definition) is 1. The average Bonchev–Trinajstić information content (AvgIpc) is 3.11. The molecule has 2 aromatic rings. The van der Waals surface area contributed by atoms with Crippen LogP contribution in [0.5, 0.6) is 5.75 Å². The Kier molecular flexibility index (Phi) is 4.36. The van der Waals surface area contributed by atoms with Crippen LogP contribution >= 0.6 is 0 Å². The molecular weight excluding hydrogens is 330 g/mol. The number of sulfone groups is 1. The van der Waals surface area contributed by atoms with E-state index in [4.69, 9.17) is 9.15 Å². The third-order valence-corrected chi connectivity index (χ3v) is 5.83. The second-order valence-electron chi connectivity index (χ2n) is 6.22. The Morgan fingerprint density at radius 3 is 2.67 bits per heavy atom. The van der Waals surface area contributed by atoms with Crippen LogP contribution < -0.4 is 10.1 Å². The predicted molar refractivity (Wildman–Crippen MR) is 88.6 cm³/mol. The van der Waals surface area contributed by atoms with Crippen LogP contribution in [-0.4, -0.2) is 31.4 Å². The molecule has 0 unspecified atom stereocenters. The number of rotatable bonds is 5. The quantitative estimate of drug-likeness (QED) is 0.894. The molecule has 1 fully saturated rings. The number of ether oxygens (including phenoxy) is 1. The molecule has 7 heteroatoms. The summed E-state index contributed by atoms with van der Waals surface area (Å²) in [6, 6.07) is 12.5. The van der Waals surface area contributed by atoms with Crippen molar-refractivity contribution in [3.05, 3.63) is 54.0 Å². The zero-order chi connectivity index (χ0) is 17.2. The molecule has 24 heavy (non-hydrogen) atoms. The van der Waals surface area contributed by atoms with Gasteiger partial charge in [0.05, 0.1) is 17.0 Å². The van der Waals surface area contributed by atoms with E-state index < -0.39 is 21.3 Å². The fourth-order valence-corrected chi connectivity index (χ4v) is 4.79. The Labute approximate surface area is 140 Å². The van der Waals surface area contributed by atoms with Crippen LogP contribution in [0.4, 0.5) is 0 Å². The average molecular weight is 349 g/mol. The molecule has 1 aromatic heterocycles. The van der Waals surface area contributed by atoms with Crippen LogP contribution in [0.25, 0.3) is 0 Å². The van der Waals surface area contributed by atoms with E-state index in [1.165, 1.54) is 0 Å². The van der Waals surface area contributed by atoms with Crippen molar-refractivity contribution in [2.75, 3.05) is 11.5 Å². The maximum absolute atomic E-state index is 12.3. The molecule has 1 N–H and O–H groups in total. The Morgan fingerprint density at radius 1 is 1.25 bits per heavy atom. The van der Waals surface area contributed by atoms with E-state index in [-0.39, 0.29) is 23.9 Å². The minimum absolute atomic E-state index is 0.0452. The number of hydrogen-bond acceptors (Lipinski definition) is 5. The fourth-order valence-electron chi connectivity index (χ4n) is 2.69. The van der Waals surface area contributed by atoms with Crippen LogP contribution in [0.2, 0.25) is 0 Å². The van der Waals surface area contributed by atoms with E-state index in [0.29, 0.717) is 17.9 Å². The highest BCUT2D eigenvalue weighted by atomic mass is 32.2. The maximum atomic E-state index is 12.3. The van der Waals surface area contributed by atoms with Gasteiger partial charge in [-0.25, -0.2) is 8.42 Å². The van der Waals surface area contributed by atoms with Gasteiger partial charge in [-0.2, -0.15) is 0 Å². The molecule has 0 spiro atoms. The van der Waals surface area contributed by atoms with Gasteiger partial charge in [-0.3, -0.25) is 4.79 Å². The van der Waals surface area contributed by atoms with Crippen molar-refractivity contribution in [3.8, 4) is 5.75 Å². The predicted octanol–water partition coefficient (Wildman–Crippen LogP) is 2.17. The van der Waals surface area contributed by atoms with Gasteiger partial charge in [-0.15, -0.1) is 0 Å². The first kappa shape index (κ1) is 16.6. The van der Waals surface area contributed by atoms with Gasteiger partial charge in [0.15, 0.2) is 15.6 Å². The minimum atomic E-state index is -3.08. The number of nitrogens with one attached hydrogen (secondary N) is 1. The first-order valence-electron chi connectivity index (χ1n) is 7.65. The normalized spacial score (nSPS) is 22.2. The topological polar surface area (TPSA) is 85.6 Å². The summed E-state index contributed by atoms with van der Waals surface area (Å²) >= 11 is 0. The summed E-state index contributed by atoms with van der Waals surface area (Å²) in [5.74, 6) is 1.01. The second kappa shape index (κ2) is 6.32. The van der Waals surface area contributed by atoms with Gasteiger partial charge in [0.25, 0.3) is 5.91 Å². The lowest BCUT2D eigenvalue weighted by Crippen LogP contribution is -2.46. The van der Waals surface area contributed by atoms with Crippen LogP contribution in [0.15, 0.2) is 46.9 Å². The minimum Gasteiger partial charge on any atom is -0.486 e. The molecule has 0 saturated carbocycles. The smallest absolute Gasteiger partial charge is 0.287 e. The van der Waals surface area contributed by atoms with Crippen molar-refractivity contribution in [2.24, 2.45) is 0 Å². The van der Waals surface area contributed by atoms with Gasteiger partial charge in [0, 0.05) is 0 Å². The number of para-hydroxylation sites is 1. The van der Waals surface area contributed by atoms with Gasteiger partial charge in [0.1, 0.15) is 18.1 Å². The van der Waals surface area contributed by atoms with E-state index >= 15 is 0 Å². The molecular formula is C17H19NO5S. The summed E-state index contributed by atoms with van der Waals surface area (Å²) in [4.78, 5) is 12.3. The highest BCUT2D eigenvalue weighted by molar-refractivity contribution is 7.91. The lowest BCUT2D eigenvalue weighted by molar-refractivity contribution is 0.0882. The largest absolute Gasteiger partial charge is 0.486 e. The lowest BCUT2D eigenvalue weighted by Gasteiger charge is -2.23. The van der Waals surface area contributed by atoms with Crippen LogP contribution in [0, 0.1) is 0 Å². The molecule has 0 aliphatic carbocycles. The van der Waals surface area contributed by atoms with Gasteiger partial charge >= 0.3 is 0 Å². The molecule has 0 bridgehead atoms. The first-order valence-corrected chi connectivity index (χ1v) is 9.47. The number of carbonyl (C=O) groups is 1. The summed E-state index contributed by atoms with van der Waals surface area (Å²) in [5.41, 5.74) is -0.747. The molecule has 1 amide bonds. The third-order valence-electron chi connectivity index (χ3n) is 3.93. The van der Waals surface area contributed by atoms with Crippen molar-refractivity contribution in [3.63, 3.8) is 0 Å². The van der Waals surface area contributed by atoms with Crippen molar-refractivity contribution < 1.29 is 22.4 Å². The van der Waals surface area contributed by atoms with Crippen molar-refractivity contribution in [1.29, 1.82) is 0 Å². The van der Waals surface area contributed by atoms with Crippen LogP contribution in [0.1, 0.15) is 29.7 Å². The fraction of sp³-hybridized carbons (Fsp3) is 0.353. The highest BCUT2D eigenvalue weighted by Crippen LogP contribution is 2.23. The molecule has 1 aliphatic heterocycles. The number of amides is 1. The van der Waals surface area contributed by atoms with E-state index in [0.717, 1.165) is 0 Å². The van der Waals surface area contributed by atoms with Gasteiger partial charge in [-0.05, 0) is 37.6 Å². The summed E-state index contributed by atoms with van der Waals surface area (Å²) in [6.45, 7) is 1.95. The molecule has 3 rings (SSSR count). The van der Waals surface area contributed by atoms with Crippen molar-refractivity contribution in [2.45, 2.75) is 25.5 Å². The Morgan fingerprint density at radius 2 is 2.00 bits per heavy atom. The third kappa shape index (κ3) is 3.97. The summed E-state index contributed by atoms with van der Waals surface area (Å²) in [7, 11) is -3.08. The Bertz CT molecular complexity index is 828. The highest BCUT2D eigenvalue weighted by Gasteiger charge is 2.39. The molecule has 1 aliphatic rings. The summed E-state index contributed by atoms with van der Waals surface area (Å²) in [5, 5.41) is 2.76. The van der Waals surface area contributed by atoms with Crippen molar-refractivity contribution >= 4 is 15.7 Å². The maximum Gasteiger partial charge on any atom is 0.287 e. The molecule has 128 valence electrons. The van der Waals surface area contributed by atoms with Gasteiger partial charge in [0.2, 0.25) is 0 Å². The van der Waals surface area contributed by atoms with E-state index in [1.807, 2.05) is 30.3 Å². The molecule has 1 saturated heterocycles. The standard InChI is InChI=1S/C17H19NO5S/c1-17(9-10-24(20,21)12-17)18-16(19)15-8-7-14(23-15)11-22-13-5-3-2-4-6-13/h2-8H,9-12H2,1H3,(H,18,19)/t17-/m0/s1. The summed E-state index contributed by atoms with van der Waals surface area (Å²) < 4.78 is 34.2. The molecule has 1 aromatic carbocycles. The number of benzene rings is 1. The van der Waals surface area contributed by atoms with E-state index in [9.17, 15) is 13.2 Å². The van der Waals surface area contributed by atoms with E-state index in [2.05, 4.69) is 5.32 Å². The monoisotopic (exact) mass is 349 g/mol. The second-order valence-corrected chi connectivity index (χ2v) is 8.41.